The number of piperidine rings is 1. The molecule has 1 saturated heterocycles. The van der Waals surface area contributed by atoms with Crippen LogP contribution in [0, 0.1) is 0 Å². The maximum absolute atomic E-state index is 12.2. The van der Waals surface area contributed by atoms with Gasteiger partial charge in [0.15, 0.2) is 0 Å². The molecule has 3 nitrogen and oxygen atoms in total. The molecule has 1 aliphatic heterocycles. The normalized spacial score (nSPS) is 16.1. The van der Waals surface area contributed by atoms with Crippen molar-refractivity contribution in [2.75, 3.05) is 18.0 Å². The number of anilines is 1. The van der Waals surface area contributed by atoms with Gasteiger partial charge in [-0.3, -0.25) is 9.69 Å². The lowest BCUT2D eigenvalue weighted by Gasteiger charge is -2.38. The number of halogens is 1. The molecule has 0 atom stereocenters. The van der Waals surface area contributed by atoms with E-state index in [4.69, 9.17) is 11.6 Å². The Morgan fingerprint density at radius 2 is 1.71 bits per heavy atom. The van der Waals surface area contributed by atoms with Crippen molar-refractivity contribution in [3.05, 3.63) is 65.2 Å². The smallest absolute Gasteiger partial charge is 0.224 e. The first-order chi connectivity index (χ1) is 11.6. The van der Waals surface area contributed by atoms with Crippen molar-refractivity contribution < 1.29 is 4.79 Å². The average molecular weight is 343 g/mol. The molecule has 0 spiro atoms. The number of carbonyl (C=O) groups is 1. The molecule has 1 fully saturated rings. The van der Waals surface area contributed by atoms with Crippen LogP contribution in [0.2, 0.25) is 5.02 Å². The van der Waals surface area contributed by atoms with Crippen molar-refractivity contribution in [3.63, 3.8) is 0 Å². The van der Waals surface area contributed by atoms with E-state index >= 15 is 0 Å². The Labute approximate surface area is 148 Å². The number of hydrogen-bond acceptors (Lipinski definition) is 2. The van der Waals surface area contributed by atoms with Crippen molar-refractivity contribution >= 4 is 23.2 Å². The third-order valence-corrected chi connectivity index (χ3v) is 4.87. The fraction of sp³-hybridized carbons (Fsp3) is 0.350. The highest BCUT2D eigenvalue weighted by atomic mass is 35.5. The summed E-state index contributed by atoms with van der Waals surface area (Å²) >= 11 is 5.97. The van der Waals surface area contributed by atoms with Crippen LogP contribution >= 0.6 is 11.6 Å². The van der Waals surface area contributed by atoms with Gasteiger partial charge < -0.3 is 4.90 Å². The topological polar surface area (TPSA) is 23.6 Å². The number of benzene rings is 2. The summed E-state index contributed by atoms with van der Waals surface area (Å²) in [4.78, 5) is 16.6. The fourth-order valence-electron chi connectivity index (χ4n) is 3.43. The van der Waals surface area contributed by atoms with E-state index in [1.807, 2.05) is 35.2 Å². The molecule has 1 aliphatic rings. The zero-order valence-electron chi connectivity index (χ0n) is 14.0. The molecule has 0 unspecified atom stereocenters. The fourth-order valence-corrected chi connectivity index (χ4v) is 3.55. The van der Waals surface area contributed by atoms with Crippen LogP contribution < -0.4 is 4.90 Å². The monoisotopic (exact) mass is 342 g/mol. The van der Waals surface area contributed by atoms with E-state index in [1.54, 1.807) is 6.92 Å². The molecule has 0 bridgehead atoms. The molecule has 0 saturated carbocycles. The minimum atomic E-state index is 0.0961. The molecule has 2 aromatic rings. The molecule has 0 aliphatic carbocycles. The lowest BCUT2D eigenvalue weighted by atomic mass is 10.0. The van der Waals surface area contributed by atoms with E-state index < -0.39 is 0 Å². The Kier molecular flexibility index (Phi) is 5.54. The number of amides is 1. The molecular weight excluding hydrogens is 320 g/mol. The van der Waals surface area contributed by atoms with Gasteiger partial charge in [0.1, 0.15) is 0 Å². The molecule has 0 N–H and O–H groups in total. The molecule has 4 heteroatoms. The Morgan fingerprint density at radius 3 is 2.29 bits per heavy atom. The first-order valence-corrected chi connectivity index (χ1v) is 8.83. The van der Waals surface area contributed by atoms with Crippen molar-refractivity contribution in [2.24, 2.45) is 0 Å². The summed E-state index contributed by atoms with van der Waals surface area (Å²) in [5.74, 6) is 0.0961. The molecule has 3 rings (SSSR count). The Balaban J connectivity index is 1.63. The Hall–Kier alpha value is -1.84. The highest BCUT2D eigenvalue weighted by Crippen LogP contribution is 2.26. The summed E-state index contributed by atoms with van der Waals surface area (Å²) in [6, 6.07) is 18.4. The number of nitrogens with zero attached hydrogens (tertiary/aromatic N) is 2. The predicted octanol–water partition coefficient (Wildman–Crippen LogP) is 4.36. The second kappa shape index (κ2) is 7.82. The predicted molar refractivity (Wildman–Crippen MR) is 99.4 cm³/mol. The molecule has 2 aromatic carbocycles. The van der Waals surface area contributed by atoms with Crippen LogP contribution in [-0.2, 0) is 11.3 Å². The Bertz CT molecular complexity index is 664. The van der Waals surface area contributed by atoms with E-state index in [2.05, 4.69) is 29.2 Å². The maximum atomic E-state index is 12.2. The molecule has 1 amide bonds. The van der Waals surface area contributed by atoms with E-state index in [1.165, 1.54) is 5.56 Å². The minimum absolute atomic E-state index is 0.0961. The van der Waals surface area contributed by atoms with Crippen LogP contribution in [0.15, 0.2) is 54.6 Å². The first kappa shape index (κ1) is 17.0. The van der Waals surface area contributed by atoms with Gasteiger partial charge in [0.05, 0.1) is 0 Å². The second-order valence-electron chi connectivity index (χ2n) is 6.36. The Morgan fingerprint density at radius 1 is 1.08 bits per heavy atom. The minimum Gasteiger partial charge on any atom is -0.310 e. The number of likely N-dealkylation sites (tertiary alicyclic amines) is 1. The molecule has 0 aromatic heterocycles. The number of carbonyl (C=O) groups excluding carboxylic acids is 1. The average Bonchev–Trinajstić information content (AvgIpc) is 2.59. The summed E-state index contributed by atoms with van der Waals surface area (Å²) in [7, 11) is 0. The number of hydrogen-bond donors (Lipinski definition) is 0. The highest BCUT2D eigenvalue weighted by molar-refractivity contribution is 6.30. The zero-order chi connectivity index (χ0) is 16.9. The summed E-state index contributed by atoms with van der Waals surface area (Å²) in [6.45, 7) is 4.65. The van der Waals surface area contributed by atoms with Crippen LogP contribution in [-0.4, -0.2) is 29.9 Å². The maximum Gasteiger partial charge on any atom is 0.224 e. The van der Waals surface area contributed by atoms with E-state index in [0.29, 0.717) is 5.02 Å². The van der Waals surface area contributed by atoms with Gasteiger partial charge in [-0.2, -0.15) is 0 Å². The highest BCUT2D eigenvalue weighted by Gasteiger charge is 2.27. The third kappa shape index (κ3) is 4.16. The van der Waals surface area contributed by atoms with Crippen LogP contribution in [0.5, 0.6) is 0 Å². The summed E-state index contributed by atoms with van der Waals surface area (Å²) in [5.41, 5.74) is 2.28. The summed E-state index contributed by atoms with van der Waals surface area (Å²) < 4.78 is 0. The summed E-state index contributed by atoms with van der Waals surface area (Å²) in [5, 5.41) is 0.694. The van der Waals surface area contributed by atoms with Crippen molar-refractivity contribution in [1.82, 2.24) is 4.90 Å². The lowest BCUT2D eigenvalue weighted by molar-refractivity contribution is -0.117. The van der Waals surface area contributed by atoms with Crippen molar-refractivity contribution in [3.8, 4) is 0 Å². The lowest BCUT2D eigenvalue weighted by Crippen LogP contribution is -2.46. The van der Waals surface area contributed by atoms with Gasteiger partial charge in [-0.05, 0) is 42.7 Å². The van der Waals surface area contributed by atoms with Crippen molar-refractivity contribution in [1.29, 1.82) is 0 Å². The standard InChI is InChI=1S/C20H23ClN2O/c1-16(24)23(19-9-7-18(21)8-10-19)20-11-13-22(14-12-20)15-17-5-3-2-4-6-17/h2-10,20H,11-15H2,1H3. The van der Waals surface area contributed by atoms with Crippen LogP contribution in [0.25, 0.3) is 0 Å². The van der Waals surface area contributed by atoms with Crippen LogP contribution in [0.4, 0.5) is 5.69 Å². The van der Waals surface area contributed by atoms with Crippen molar-refractivity contribution in [2.45, 2.75) is 32.4 Å². The quantitative estimate of drug-likeness (QED) is 0.824. The first-order valence-electron chi connectivity index (χ1n) is 8.45. The van der Waals surface area contributed by atoms with Gasteiger partial charge >= 0.3 is 0 Å². The van der Waals surface area contributed by atoms with Crippen LogP contribution in [0.3, 0.4) is 0 Å². The van der Waals surface area contributed by atoms with Gasteiger partial charge in [-0.25, -0.2) is 0 Å². The molecule has 1 heterocycles. The molecule has 0 radical (unpaired) electrons. The second-order valence-corrected chi connectivity index (χ2v) is 6.79. The zero-order valence-corrected chi connectivity index (χ0v) is 14.7. The molecular formula is C20H23ClN2O. The number of rotatable bonds is 4. The van der Waals surface area contributed by atoms with Gasteiger partial charge in [0.2, 0.25) is 5.91 Å². The van der Waals surface area contributed by atoms with Gasteiger partial charge in [-0.1, -0.05) is 41.9 Å². The summed E-state index contributed by atoms with van der Waals surface area (Å²) in [6.07, 6.45) is 1.99. The third-order valence-electron chi connectivity index (χ3n) is 4.62. The molecule has 126 valence electrons. The largest absolute Gasteiger partial charge is 0.310 e. The van der Waals surface area contributed by atoms with Gasteiger partial charge in [-0.15, -0.1) is 0 Å². The van der Waals surface area contributed by atoms with E-state index in [0.717, 1.165) is 38.2 Å². The van der Waals surface area contributed by atoms with E-state index in [-0.39, 0.29) is 11.9 Å². The molecule has 24 heavy (non-hydrogen) atoms. The van der Waals surface area contributed by atoms with E-state index in [9.17, 15) is 4.79 Å². The van der Waals surface area contributed by atoms with Gasteiger partial charge in [0, 0.05) is 43.3 Å². The SMILES string of the molecule is CC(=O)N(c1ccc(Cl)cc1)C1CCN(Cc2ccccc2)CC1. The van der Waals surface area contributed by atoms with Gasteiger partial charge in [0.25, 0.3) is 0 Å². The van der Waals surface area contributed by atoms with Crippen LogP contribution in [0.1, 0.15) is 25.3 Å².